The molecule has 2 heterocycles. The van der Waals surface area contributed by atoms with E-state index in [4.69, 9.17) is 9.47 Å². The Balaban J connectivity index is 1.49. The second kappa shape index (κ2) is 10.4. The Hall–Kier alpha value is -2.22. The van der Waals surface area contributed by atoms with Crippen LogP contribution in [0.15, 0.2) is 35.7 Å². The fraction of sp³-hybridized carbons (Fsp3) is 0.429. The molecule has 2 aromatic rings. The quantitative estimate of drug-likeness (QED) is 0.637. The topological polar surface area (TPSA) is 54.9 Å². The molecule has 0 aliphatic carbocycles. The number of aromatic nitrogens is 1. The number of hydrogen-bond donors (Lipinski definition) is 0. The van der Waals surface area contributed by atoms with Gasteiger partial charge in [0.05, 0.1) is 38.6 Å². The zero-order valence-corrected chi connectivity index (χ0v) is 17.3. The SMILES string of the molecule is CCOc1ccc(/C=C/C(=O)N(C)Cc2csc(CN3CCOCC3)n2)cc1. The van der Waals surface area contributed by atoms with Crippen molar-refractivity contribution in [3.63, 3.8) is 0 Å². The summed E-state index contributed by atoms with van der Waals surface area (Å²) in [5.41, 5.74) is 1.89. The number of likely N-dealkylation sites (N-methyl/N-ethyl adjacent to an activating group) is 1. The molecule has 1 aliphatic rings. The summed E-state index contributed by atoms with van der Waals surface area (Å²) in [7, 11) is 1.80. The van der Waals surface area contributed by atoms with Gasteiger partial charge in [0.2, 0.25) is 5.91 Å². The van der Waals surface area contributed by atoms with Crippen LogP contribution in [0.2, 0.25) is 0 Å². The third-order valence-corrected chi connectivity index (χ3v) is 5.33. The van der Waals surface area contributed by atoms with E-state index in [0.29, 0.717) is 13.2 Å². The van der Waals surface area contributed by atoms with E-state index in [-0.39, 0.29) is 5.91 Å². The van der Waals surface area contributed by atoms with Crippen molar-refractivity contribution in [2.45, 2.75) is 20.0 Å². The molecule has 1 aromatic heterocycles. The van der Waals surface area contributed by atoms with Crippen LogP contribution < -0.4 is 4.74 Å². The molecule has 0 spiro atoms. The molecule has 1 saturated heterocycles. The van der Waals surface area contributed by atoms with Crippen LogP contribution in [0.4, 0.5) is 0 Å². The normalized spacial score (nSPS) is 15.1. The molecule has 1 aromatic carbocycles. The lowest BCUT2D eigenvalue weighted by atomic mass is 10.2. The number of amides is 1. The van der Waals surface area contributed by atoms with Gasteiger partial charge in [-0.15, -0.1) is 11.3 Å². The number of ether oxygens (including phenoxy) is 2. The zero-order valence-electron chi connectivity index (χ0n) is 16.5. The summed E-state index contributed by atoms with van der Waals surface area (Å²) < 4.78 is 10.8. The van der Waals surface area contributed by atoms with Crippen LogP contribution in [0.25, 0.3) is 6.08 Å². The van der Waals surface area contributed by atoms with Gasteiger partial charge in [-0.3, -0.25) is 9.69 Å². The molecule has 1 amide bonds. The molecule has 1 aliphatic heterocycles. The van der Waals surface area contributed by atoms with Gasteiger partial charge >= 0.3 is 0 Å². The Morgan fingerprint density at radius 1 is 1.32 bits per heavy atom. The minimum atomic E-state index is -0.0448. The van der Waals surface area contributed by atoms with Gasteiger partial charge in [0.1, 0.15) is 10.8 Å². The largest absolute Gasteiger partial charge is 0.494 e. The first-order valence-electron chi connectivity index (χ1n) is 9.53. The van der Waals surface area contributed by atoms with Crippen molar-refractivity contribution in [1.82, 2.24) is 14.8 Å². The number of benzene rings is 1. The molecule has 6 nitrogen and oxygen atoms in total. The molecule has 0 saturated carbocycles. The number of carbonyl (C=O) groups is 1. The third-order valence-electron chi connectivity index (χ3n) is 4.45. The fourth-order valence-corrected chi connectivity index (χ4v) is 3.73. The molecular formula is C21H27N3O3S. The van der Waals surface area contributed by atoms with Gasteiger partial charge in [-0.2, -0.15) is 0 Å². The predicted molar refractivity (Wildman–Crippen MR) is 111 cm³/mol. The van der Waals surface area contributed by atoms with E-state index in [2.05, 4.69) is 9.88 Å². The van der Waals surface area contributed by atoms with Crippen LogP contribution in [-0.2, 0) is 22.6 Å². The van der Waals surface area contributed by atoms with Gasteiger partial charge in [0.15, 0.2) is 0 Å². The zero-order chi connectivity index (χ0) is 19.8. The first-order chi connectivity index (χ1) is 13.6. The summed E-state index contributed by atoms with van der Waals surface area (Å²) in [5.74, 6) is 0.788. The van der Waals surface area contributed by atoms with Crippen LogP contribution in [0, 0.1) is 0 Å². The average Bonchev–Trinajstić information content (AvgIpc) is 3.15. The first kappa shape index (κ1) is 20.5. The van der Waals surface area contributed by atoms with Crippen molar-refractivity contribution in [3.8, 4) is 5.75 Å². The maximum atomic E-state index is 12.4. The molecule has 1 fully saturated rings. The third kappa shape index (κ3) is 6.15. The lowest BCUT2D eigenvalue weighted by Crippen LogP contribution is -2.35. The van der Waals surface area contributed by atoms with Gasteiger partial charge in [-0.1, -0.05) is 12.1 Å². The van der Waals surface area contributed by atoms with E-state index in [1.54, 1.807) is 29.4 Å². The summed E-state index contributed by atoms with van der Waals surface area (Å²) in [5, 5.41) is 3.12. The molecule has 28 heavy (non-hydrogen) atoms. The number of thiazole rings is 1. The molecule has 0 unspecified atom stereocenters. The second-order valence-electron chi connectivity index (χ2n) is 6.65. The molecule has 150 valence electrons. The van der Waals surface area contributed by atoms with Crippen LogP contribution in [0.5, 0.6) is 5.75 Å². The van der Waals surface area contributed by atoms with Crippen molar-refractivity contribution in [2.24, 2.45) is 0 Å². The van der Waals surface area contributed by atoms with E-state index < -0.39 is 0 Å². The highest BCUT2D eigenvalue weighted by Crippen LogP contribution is 2.16. The highest BCUT2D eigenvalue weighted by molar-refractivity contribution is 7.09. The smallest absolute Gasteiger partial charge is 0.246 e. The lowest BCUT2D eigenvalue weighted by Gasteiger charge is -2.25. The van der Waals surface area contributed by atoms with Crippen LogP contribution in [-0.4, -0.2) is 60.6 Å². The Bertz CT molecular complexity index is 782. The number of hydrogen-bond acceptors (Lipinski definition) is 6. The summed E-state index contributed by atoms with van der Waals surface area (Å²) in [4.78, 5) is 21.1. The number of carbonyl (C=O) groups excluding carboxylic acids is 1. The minimum Gasteiger partial charge on any atom is -0.494 e. The number of rotatable bonds is 8. The Kier molecular flexibility index (Phi) is 7.59. The van der Waals surface area contributed by atoms with Crippen LogP contribution >= 0.6 is 11.3 Å². The molecule has 3 rings (SSSR count). The van der Waals surface area contributed by atoms with Gasteiger partial charge in [0.25, 0.3) is 0 Å². The van der Waals surface area contributed by atoms with Gasteiger partial charge in [-0.25, -0.2) is 4.98 Å². The molecule has 0 atom stereocenters. The van der Waals surface area contributed by atoms with Gasteiger partial charge in [0, 0.05) is 31.6 Å². The Morgan fingerprint density at radius 3 is 2.79 bits per heavy atom. The summed E-state index contributed by atoms with van der Waals surface area (Å²) >= 11 is 1.65. The van der Waals surface area contributed by atoms with E-state index >= 15 is 0 Å². The maximum Gasteiger partial charge on any atom is 0.246 e. The van der Waals surface area contributed by atoms with Crippen molar-refractivity contribution in [1.29, 1.82) is 0 Å². The lowest BCUT2D eigenvalue weighted by molar-refractivity contribution is -0.125. The summed E-state index contributed by atoms with van der Waals surface area (Å²) in [6.45, 7) is 7.43. The van der Waals surface area contributed by atoms with Crippen LogP contribution in [0.3, 0.4) is 0 Å². The van der Waals surface area contributed by atoms with Crippen molar-refractivity contribution in [3.05, 3.63) is 52.0 Å². The molecule has 0 bridgehead atoms. The minimum absolute atomic E-state index is 0.0448. The number of morpholine rings is 1. The summed E-state index contributed by atoms with van der Waals surface area (Å²) in [6, 6.07) is 7.69. The van der Waals surface area contributed by atoms with Crippen molar-refractivity contribution >= 4 is 23.3 Å². The Labute approximate surface area is 170 Å². The highest BCUT2D eigenvalue weighted by atomic mass is 32.1. The molecule has 0 radical (unpaired) electrons. The van der Waals surface area contributed by atoms with E-state index in [0.717, 1.165) is 54.9 Å². The van der Waals surface area contributed by atoms with Crippen LogP contribution in [0.1, 0.15) is 23.2 Å². The standard InChI is InChI=1S/C21H27N3O3S/c1-3-27-19-7-4-17(5-8-19)6-9-21(25)23(2)14-18-16-28-20(22-18)15-24-10-12-26-13-11-24/h4-9,16H,3,10-15H2,1-2H3/b9-6+. The second-order valence-corrected chi connectivity index (χ2v) is 7.59. The Morgan fingerprint density at radius 2 is 2.07 bits per heavy atom. The monoisotopic (exact) mass is 401 g/mol. The molecule has 0 N–H and O–H groups in total. The summed E-state index contributed by atoms with van der Waals surface area (Å²) in [6.07, 6.45) is 3.41. The highest BCUT2D eigenvalue weighted by Gasteiger charge is 2.14. The number of nitrogens with zero attached hydrogens (tertiary/aromatic N) is 3. The first-order valence-corrected chi connectivity index (χ1v) is 10.4. The molecular weight excluding hydrogens is 374 g/mol. The van der Waals surface area contributed by atoms with Crippen molar-refractivity contribution in [2.75, 3.05) is 40.0 Å². The average molecular weight is 402 g/mol. The van der Waals surface area contributed by atoms with Crippen molar-refractivity contribution < 1.29 is 14.3 Å². The van der Waals surface area contributed by atoms with E-state index in [9.17, 15) is 4.79 Å². The predicted octanol–water partition coefficient (Wildman–Crippen LogP) is 3.05. The molecule has 7 heteroatoms. The van der Waals surface area contributed by atoms with E-state index in [1.165, 1.54) is 0 Å². The fourth-order valence-electron chi connectivity index (χ4n) is 2.90. The van der Waals surface area contributed by atoms with Gasteiger partial charge < -0.3 is 14.4 Å². The van der Waals surface area contributed by atoms with Gasteiger partial charge in [-0.05, 0) is 30.7 Å². The van der Waals surface area contributed by atoms with E-state index in [1.807, 2.05) is 42.6 Å². The maximum absolute atomic E-state index is 12.4.